The fraction of sp³-hybridized carbons (Fsp3) is 0. The van der Waals surface area contributed by atoms with Crippen LogP contribution in [0, 0.1) is 0 Å². The normalized spacial score (nSPS) is 11.6. The average molecular weight is 637 g/mol. The monoisotopic (exact) mass is 636 g/mol. The number of rotatable bonds is 5. The van der Waals surface area contributed by atoms with Crippen LogP contribution in [0.25, 0.3) is 100.0 Å². The predicted molar refractivity (Wildman–Crippen MR) is 204 cm³/mol. The molecule has 1 aliphatic carbocycles. The Morgan fingerprint density at radius 3 is 1.50 bits per heavy atom. The van der Waals surface area contributed by atoms with Gasteiger partial charge < -0.3 is 0 Å². The van der Waals surface area contributed by atoms with Crippen molar-refractivity contribution in [3.63, 3.8) is 0 Å². The maximum Gasteiger partial charge on any atom is 0.181 e. The van der Waals surface area contributed by atoms with Gasteiger partial charge in [-0.05, 0) is 89.3 Å². The Hall–Kier alpha value is -6.78. The van der Waals surface area contributed by atoms with Crippen molar-refractivity contribution in [3.8, 4) is 78.4 Å². The van der Waals surface area contributed by atoms with Crippen molar-refractivity contribution in [2.24, 2.45) is 0 Å². The zero-order valence-electron chi connectivity index (χ0n) is 27.0. The van der Waals surface area contributed by atoms with Gasteiger partial charge in [0.15, 0.2) is 5.82 Å². The lowest BCUT2D eigenvalue weighted by Crippen LogP contribution is -1.93. The minimum atomic E-state index is 0.561. The van der Waals surface area contributed by atoms with Crippen molar-refractivity contribution in [3.05, 3.63) is 170 Å². The first kappa shape index (κ1) is 28.3. The van der Waals surface area contributed by atoms with Gasteiger partial charge in [0.2, 0.25) is 0 Å². The van der Waals surface area contributed by atoms with E-state index in [0.29, 0.717) is 5.82 Å². The molecule has 0 saturated heterocycles. The summed E-state index contributed by atoms with van der Waals surface area (Å²) in [4.78, 5) is 17.3. The van der Waals surface area contributed by atoms with Crippen LogP contribution in [0.2, 0.25) is 0 Å². The standard InChI is InChI=1S/C46H28N4/c1-3-11-31(12-4-1)41-35-15-7-8-16-36(35)42(32-13-5-2-6-14-32)45-38-26-25-33(34-17-9-18-37(43(34)38)44(41)45)29-21-23-30(24-22-29)39-19-10-20-40(50-39)46-48-27-47-28-49-46/h1-28H. The van der Waals surface area contributed by atoms with Crippen molar-refractivity contribution in [2.45, 2.75) is 0 Å². The zero-order chi connectivity index (χ0) is 33.0. The highest BCUT2D eigenvalue weighted by Crippen LogP contribution is 2.58. The highest BCUT2D eigenvalue weighted by Gasteiger charge is 2.31. The Morgan fingerprint density at radius 1 is 0.320 bits per heavy atom. The van der Waals surface area contributed by atoms with E-state index in [1.165, 1.54) is 89.8 Å². The van der Waals surface area contributed by atoms with E-state index >= 15 is 0 Å². The third-order valence-electron chi connectivity index (χ3n) is 9.88. The second-order valence-electron chi connectivity index (χ2n) is 12.6. The van der Waals surface area contributed by atoms with E-state index in [-0.39, 0.29) is 0 Å². The maximum atomic E-state index is 4.86. The summed E-state index contributed by atoms with van der Waals surface area (Å²) < 4.78 is 0. The van der Waals surface area contributed by atoms with Crippen molar-refractivity contribution < 1.29 is 0 Å². The van der Waals surface area contributed by atoms with Crippen LogP contribution in [-0.2, 0) is 0 Å². The first-order chi connectivity index (χ1) is 24.8. The molecular weight excluding hydrogens is 609 g/mol. The number of pyridine rings is 1. The van der Waals surface area contributed by atoms with Crippen LogP contribution in [-0.4, -0.2) is 19.9 Å². The minimum absolute atomic E-state index is 0.561. The molecule has 0 fully saturated rings. The minimum Gasteiger partial charge on any atom is -0.244 e. The highest BCUT2D eigenvalue weighted by atomic mass is 15.0. The van der Waals surface area contributed by atoms with E-state index < -0.39 is 0 Å². The van der Waals surface area contributed by atoms with E-state index in [4.69, 9.17) is 4.98 Å². The van der Waals surface area contributed by atoms with Gasteiger partial charge in [0.1, 0.15) is 18.3 Å². The quantitative estimate of drug-likeness (QED) is 0.189. The molecule has 0 aliphatic heterocycles. The molecule has 2 heterocycles. The number of nitrogens with zero attached hydrogens (tertiary/aromatic N) is 4. The van der Waals surface area contributed by atoms with E-state index in [9.17, 15) is 0 Å². The molecule has 4 heteroatoms. The van der Waals surface area contributed by atoms with Gasteiger partial charge in [0, 0.05) is 5.56 Å². The summed E-state index contributed by atoms with van der Waals surface area (Å²) in [5.41, 5.74) is 15.2. The highest BCUT2D eigenvalue weighted by molar-refractivity contribution is 6.28. The Bertz CT molecular complexity index is 2630. The summed E-state index contributed by atoms with van der Waals surface area (Å²) in [5, 5.41) is 5.09. The molecule has 0 atom stereocenters. The number of aromatic nitrogens is 4. The third kappa shape index (κ3) is 4.39. The van der Waals surface area contributed by atoms with Gasteiger partial charge in [-0.2, -0.15) is 0 Å². The third-order valence-corrected chi connectivity index (χ3v) is 9.88. The van der Waals surface area contributed by atoms with Gasteiger partial charge in [0.25, 0.3) is 0 Å². The van der Waals surface area contributed by atoms with Crippen molar-refractivity contribution in [2.75, 3.05) is 0 Å². The number of fused-ring (bicyclic) bond motifs is 4. The molecule has 0 spiro atoms. The maximum absolute atomic E-state index is 4.86. The second-order valence-corrected chi connectivity index (χ2v) is 12.6. The molecule has 0 saturated carbocycles. The first-order valence-electron chi connectivity index (χ1n) is 16.8. The predicted octanol–water partition coefficient (Wildman–Crippen LogP) is 11.6. The van der Waals surface area contributed by atoms with Gasteiger partial charge >= 0.3 is 0 Å². The smallest absolute Gasteiger partial charge is 0.181 e. The van der Waals surface area contributed by atoms with E-state index in [1.54, 1.807) is 0 Å². The average Bonchev–Trinajstić information content (AvgIpc) is 3.53. The molecule has 9 aromatic rings. The summed E-state index contributed by atoms with van der Waals surface area (Å²) in [6.07, 6.45) is 2.99. The molecule has 0 bridgehead atoms. The lowest BCUT2D eigenvalue weighted by molar-refractivity contribution is 1.04. The Morgan fingerprint density at radius 2 is 0.840 bits per heavy atom. The Labute approximate surface area is 289 Å². The van der Waals surface area contributed by atoms with Crippen molar-refractivity contribution >= 4 is 21.5 Å². The van der Waals surface area contributed by atoms with Crippen LogP contribution in [0.5, 0.6) is 0 Å². The van der Waals surface area contributed by atoms with Crippen LogP contribution in [0.3, 0.4) is 0 Å². The van der Waals surface area contributed by atoms with Crippen molar-refractivity contribution in [1.82, 2.24) is 19.9 Å². The fourth-order valence-corrected chi connectivity index (χ4v) is 7.77. The second kappa shape index (κ2) is 11.4. The molecule has 0 unspecified atom stereocenters. The van der Waals surface area contributed by atoms with E-state index in [0.717, 1.165) is 17.0 Å². The van der Waals surface area contributed by atoms with Gasteiger partial charge in [-0.3, -0.25) is 0 Å². The van der Waals surface area contributed by atoms with Crippen LogP contribution >= 0.6 is 0 Å². The molecule has 4 nitrogen and oxygen atoms in total. The zero-order valence-corrected chi connectivity index (χ0v) is 27.0. The van der Waals surface area contributed by atoms with Crippen LogP contribution in [0.4, 0.5) is 0 Å². The molecule has 1 aliphatic rings. The van der Waals surface area contributed by atoms with E-state index in [2.05, 4.69) is 154 Å². The van der Waals surface area contributed by atoms with Gasteiger partial charge in [0.05, 0.1) is 5.69 Å². The molecule has 0 radical (unpaired) electrons. The summed E-state index contributed by atoms with van der Waals surface area (Å²) in [5.74, 6) is 0.561. The van der Waals surface area contributed by atoms with Crippen LogP contribution in [0.15, 0.2) is 170 Å². The molecule has 10 rings (SSSR count). The Kier molecular flexibility index (Phi) is 6.46. The summed E-state index contributed by atoms with van der Waals surface area (Å²) in [7, 11) is 0. The number of benzene rings is 7. The first-order valence-corrected chi connectivity index (χ1v) is 16.8. The Balaban J connectivity index is 1.17. The largest absolute Gasteiger partial charge is 0.244 e. The molecular formula is C46H28N4. The van der Waals surface area contributed by atoms with Gasteiger partial charge in [-0.25, -0.2) is 19.9 Å². The molecule has 50 heavy (non-hydrogen) atoms. The van der Waals surface area contributed by atoms with Crippen LogP contribution < -0.4 is 0 Å². The van der Waals surface area contributed by atoms with Gasteiger partial charge in [-0.15, -0.1) is 0 Å². The molecule has 232 valence electrons. The molecule has 2 aromatic heterocycles. The fourth-order valence-electron chi connectivity index (χ4n) is 7.77. The van der Waals surface area contributed by atoms with Crippen LogP contribution in [0.1, 0.15) is 0 Å². The van der Waals surface area contributed by atoms with Gasteiger partial charge in [-0.1, -0.05) is 146 Å². The molecule has 7 aromatic carbocycles. The lowest BCUT2D eigenvalue weighted by atomic mass is 9.82. The summed E-state index contributed by atoms with van der Waals surface area (Å²) >= 11 is 0. The number of hydrogen-bond acceptors (Lipinski definition) is 4. The molecule has 0 amide bonds. The topological polar surface area (TPSA) is 51.6 Å². The van der Waals surface area contributed by atoms with E-state index in [1.807, 2.05) is 18.2 Å². The summed E-state index contributed by atoms with van der Waals surface area (Å²) in [6, 6.07) is 56.8. The SMILES string of the molecule is c1ccc(-c2c3c(c(-c4ccccc4)c4ccccc24)-c2ccc(-c4ccc(-c5cccc(-c6ncncn6)n5)cc4)c4cccc-3c24)cc1. The van der Waals surface area contributed by atoms with Crippen molar-refractivity contribution in [1.29, 1.82) is 0 Å². The lowest BCUT2D eigenvalue weighted by Gasteiger charge is -2.20. The summed E-state index contributed by atoms with van der Waals surface area (Å²) in [6.45, 7) is 0. The molecule has 0 N–H and O–H groups in total. The number of hydrogen-bond donors (Lipinski definition) is 0.